The van der Waals surface area contributed by atoms with Crippen LogP contribution in [0.25, 0.3) is 0 Å². The zero-order valence-corrected chi connectivity index (χ0v) is 12.1. The molecule has 0 aromatic heterocycles. The highest BCUT2D eigenvalue weighted by atomic mass is 19.1. The summed E-state index contributed by atoms with van der Waals surface area (Å²) in [4.78, 5) is 11.2. The Hall–Kier alpha value is -1.42. The Morgan fingerprint density at radius 1 is 1.37 bits per heavy atom. The van der Waals surface area contributed by atoms with E-state index >= 15 is 0 Å². The van der Waals surface area contributed by atoms with Crippen LogP contribution in [0.1, 0.15) is 38.8 Å². The Morgan fingerprint density at radius 3 is 2.58 bits per heavy atom. The van der Waals surface area contributed by atoms with Crippen molar-refractivity contribution in [3.63, 3.8) is 0 Å². The molecule has 1 aromatic rings. The smallest absolute Gasteiger partial charge is 0.221 e. The van der Waals surface area contributed by atoms with E-state index in [1.807, 2.05) is 6.07 Å². The molecule has 0 saturated carbocycles. The van der Waals surface area contributed by atoms with Crippen molar-refractivity contribution in [2.45, 2.75) is 33.2 Å². The molecule has 0 fully saturated rings. The van der Waals surface area contributed by atoms with E-state index in [9.17, 15) is 9.18 Å². The van der Waals surface area contributed by atoms with Gasteiger partial charge in [0, 0.05) is 26.1 Å². The Kier molecular flexibility index (Phi) is 5.48. The third kappa shape index (κ3) is 4.99. The predicted octanol–water partition coefficient (Wildman–Crippen LogP) is 2.64. The third-order valence-electron chi connectivity index (χ3n) is 3.03. The van der Waals surface area contributed by atoms with Gasteiger partial charge in [-0.15, -0.1) is 0 Å². The topological polar surface area (TPSA) is 41.1 Å². The van der Waals surface area contributed by atoms with E-state index in [1.54, 1.807) is 19.2 Å². The number of hydrogen-bond donors (Lipinski definition) is 2. The lowest BCUT2D eigenvalue weighted by atomic mass is 9.82. The highest BCUT2D eigenvalue weighted by molar-refractivity contribution is 5.75. The van der Waals surface area contributed by atoms with Crippen LogP contribution in [-0.4, -0.2) is 19.5 Å². The van der Waals surface area contributed by atoms with E-state index in [1.165, 1.54) is 6.07 Å². The lowest BCUT2D eigenvalue weighted by Crippen LogP contribution is -2.34. The van der Waals surface area contributed by atoms with Crippen LogP contribution < -0.4 is 10.6 Å². The van der Waals surface area contributed by atoms with E-state index in [2.05, 4.69) is 31.4 Å². The van der Waals surface area contributed by atoms with Gasteiger partial charge < -0.3 is 10.6 Å². The average Bonchev–Trinajstić information content (AvgIpc) is 2.32. The van der Waals surface area contributed by atoms with Crippen molar-refractivity contribution in [3.05, 3.63) is 35.6 Å². The van der Waals surface area contributed by atoms with E-state index in [0.29, 0.717) is 13.0 Å². The summed E-state index contributed by atoms with van der Waals surface area (Å²) in [6.07, 6.45) is 0.415. The van der Waals surface area contributed by atoms with Gasteiger partial charge in [0.25, 0.3) is 0 Å². The SMILES string of the molecule is CNC(=O)CCN[C@@H](c1cccc(F)c1)C(C)(C)C. The summed E-state index contributed by atoms with van der Waals surface area (Å²) in [5.74, 6) is -0.237. The predicted molar refractivity (Wildman–Crippen MR) is 75.3 cm³/mol. The van der Waals surface area contributed by atoms with E-state index in [-0.39, 0.29) is 23.2 Å². The molecule has 0 aliphatic rings. The molecule has 3 nitrogen and oxygen atoms in total. The second kappa shape index (κ2) is 6.66. The summed E-state index contributed by atoms with van der Waals surface area (Å²) < 4.78 is 13.3. The van der Waals surface area contributed by atoms with Gasteiger partial charge in [-0.2, -0.15) is 0 Å². The molecule has 0 radical (unpaired) electrons. The molecule has 1 aromatic carbocycles. The Balaban J connectivity index is 2.76. The second-order valence-electron chi connectivity index (χ2n) is 5.73. The molecule has 0 unspecified atom stereocenters. The number of nitrogens with one attached hydrogen (secondary N) is 2. The second-order valence-corrected chi connectivity index (χ2v) is 5.73. The lowest BCUT2D eigenvalue weighted by Gasteiger charge is -2.32. The molecule has 2 N–H and O–H groups in total. The maximum atomic E-state index is 13.3. The minimum absolute atomic E-state index is 0.000554. The molecule has 0 spiro atoms. The molecule has 106 valence electrons. The number of halogens is 1. The fourth-order valence-electron chi connectivity index (χ4n) is 2.07. The van der Waals surface area contributed by atoms with Crippen LogP contribution in [0.4, 0.5) is 4.39 Å². The van der Waals surface area contributed by atoms with Gasteiger partial charge in [-0.25, -0.2) is 4.39 Å². The molecular formula is C15H23FN2O. The Morgan fingerprint density at radius 2 is 2.05 bits per heavy atom. The van der Waals surface area contributed by atoms with Gasteiger partial charge in [0.1, 0.15) is 5.82 Å². The first kappa shape index (κ1) is 15.6. The van der Waals surface area contributed by atoms with Crippen LogP contribution in [0.2, 0.25) is 0 Å². The van der Waals surface area contributed by atoms with Crippen molar-refractivity contribution in [1.82, 2.24) is 10.6 Å². The number of amides is 1. The first-order valence-corrected chi connectivity index (χ1v) is 6.54. The summed E-state index contributed by atoms with van der Waals surface area (Å²) in [5, 5.41) is 5.93. The van der Waals surface area contributed by atoms with Crippen molar-refractivity contribution in [1.29, 1.82) is 0 Å². The normalized spacial score (nSPS) is 13.1. The fraction of sp³-hybridized carbons (Fsp3) is 0.533. The highest BCUT2D eigenvalue weighted by Gasteiger charge is 2.26. The van der Waals surface area contributed by atoms with Gasteiger partial charge in [0.15, 0.2) is 0 Å². The molecule has 4 heteroatoms. The molecule has 19 heavy (non-hydrogen) atoms. The first-order chi connectivity index (χ1) is 8.84. The number of benzene rings is 1. The van der Waals surface area contributed by atoms with Crippen LogP contribution in [0.3, 0.4) is 0 Å². The van der Waals surface area contributed by atoms with Gasteiger partial charge >= 0.3 is 0 Å². The maximum absolute atomic E-state index is 13.3. The van der Waals surface area contributed by atoms with Crippen molar-refractivity contribution in [2.24, 2.45) is 5.41 Å². The number of hydrogen-bond acceptors (Lipinski definition) is 2. The molecule has 1 atom stereocenters. The molecule has 0 bridgehead atoms. The third-order valence-corrected chi connectivity index (χ3v) is 3.03. The van der Waals surface area contributed by atoms with Crippen molar-refractivity contribution >= 4 is 5.91 Å². The molecule has 1 rings (SSSR count). The number of carbonyl (C=O) groups is 1. The fourth-order valence-corrected chi connectivity index (χ4v) is 2.07. The van der Waals surface area contributed by atoms with Gasteiger partial charge in [-0.3, -0.25) is 4.79 Å². The van der Waals surface area contributed by atoms with Crippen LogP contribution in [-0.2, 0) is 4.79 Å². The molecule has 0 aliphatic heterocycles. The molecule has 1 amide bonds. The van der Waals surface area contributed by atoms with E-state index < -0.39 is 0 Å². The molecule has 0 aliphatic carbocycles. The Bertz CT molecular complexity index is 426. The lowest BCUT2D eigenvalue weighted by molar-refractivity contribution is -0.120. The summed E-state index contributed by atoms with van der Waals surface area (Å²) >= 11 is 0. The quantitative estimate of drug-likeness (QED) is 0.860. The summed E-state index contributed by atoms with van der Waals surface area (Å²) in [6, 6.07) is 6.61. The van der Waals surface area contributed by atoms with Gasteiger partial charge in [0.2, 0.25) is 5.91 Å². The summed E-state index contributed by atoms with van der Waals surface area (Å²) in [6.45, 7) is 6.85. The molecular weight excluding hydrogens is 243 g/mol. The van der Waals surface area contributed by atoms with Crippen LogP contribution in [0, 0.1) is 11.2 Å². The van der Waals surface area contributed by atoms with Crippen molar-refractivity contribution in [2.75, 3.05) is 13.6 Å². The van der Waals surface area contributed by atoms with Crippen molar-refractivity contribution < 1.29 is 9.18 Å². The van der Waals surface area contributed by atoms with Gasteiger partial charge in [-0.05, 0) is 23.1 Å². The Labute approximate surface area is 114 Å². The number of carbonyl (C=O) groups excluding carboxylic acids is 1. The maximum Gasteiger partial charge on any atom is 0.221 e. The van der Waals surface area contributed by atoms with Crippen LogP contribution in [0.5, 0.6) is 0 Å². The zero-order valence-electron chi connectivity index (χ0n) is 12.1. The van der Waals surface area contributed by atoms with Gasteiger partial charge in [0.05, 0.1) is 0 Å². The monoisotopic (exact) mass is 266 g/mol. The minimum Gasteiger partial charge on any atom is -0.359 e. The van der Waals surface area contributed by atoms with Crippen LogP contribution >= 0.6 is 0 Å². The van der Waals surface area contributed by atoms with E-state index in [4.69, 9.17) is 0 Å². The summed E-state index contributed by atoms with van der Waals surface area (Å²) in [5.41, 5.74) is 0.848. The van der Waals surface area contributed by atoms with Crippen LogP contribution in [0.15, 0.2) is 24.3 Å². The standard InChI is InChI=1S/C15H23FN2O/c1-15(2,3)14(18-9-8-13(19)17-4)11-6-5-7-12(16)10-11/h5-7,10,14,18H,8-9H2,1-4H3,(H,17,19)/t14-/m0/s1. The first-order valence-electron chi connectivity index (χ1n) is 6.54. The minimum atomic E-state index is -0.236. The van der Waals surface area contributed by atoms with Gasteiger partial charge in [-0.1, -0.05) is 32.9 Å². The zero-order chi connectivity index (χ0) is 14.5. The molecule has 0 heterocycles. The summed E-state index contributed by atoms with van der Waals surface area (Å²) in [7, 11) is 1.62. The van der Waals surface area contributed by atoms with Crippen molar-refractivity contribution in [3.8, 4) is 0 Å². The molecule has 0 saturated heterocycles. The number of rotatable bonds is 5. The van der Waals surface area contributed by atoms with E-state index in [0.717, 1.165) is 5.56 Å². The largest absolute Gasteiger partial charge is 0.359 e. The highest BCUT2D eigenvalue weighted by Crippen LogP contribution is 2.32. The average molecular weight is 266 g/mol.